The highest BCUT2D eigenvalue weighted by atomic mass is 32.2. The van der Waals surface area contributed by atoms with Gasteiger partial charge in [-0.2, -0.15) is 4.72 Å². The summed E-state index contributed by atoms with van der Waals surface area (Å²) in [5.41, 5.74) is 1.74. The molecule has 2 heterocycles. The number of carboxylic acids is 1. The largest absolute Gasteiger partial charge is 0.480 e. The van der Waals surface area contributed by atoms with Crippen LogP contribution in [-0.4, -0.2) is 57.0 Å². The molecule has 1 unspecified atom stereocenters. The summed E-state index contributed by atoms with van der Waals surface area (Å²) in [7, 11) is -4.07. The molecule has 1 aliphatic rings. The summed E-state index contributed by atoms with van der Waals surface area (Å²) in [6.07, 6.45) is 2.55. The molecule has 0 saturated heterocycles. The normalized spacial score (nSPS) is 14.3. The average Bonchev–Trinajstić information content (AvgIpc) is 3.36. The van der Waals surface area contributed by atoms with Gasteiger partial charge in [0.1, 0.15) is 18.1 Å². The minimum atomic E-state index is -4.07. The zero-order valence-corrected chi connectivity index (χ0v) is 19.9. The van der Waals surface area contributed by atoms with E-state index in [0.717, 1.165) is 30.8 Å². The lowest BCUT2D eigenvalue weighted by Crippen LogP contribution is -2.48. The maximum atomic E-state index is 12.5. The molecule has 36 heavy (non-hydrogen) atoms. The predicted molar refractivity (Wildman–Crippen MR) is 133 cm³/mol. The Balaban J connectivity index is 1.35. The number of carbonyl (C=O) groups excluding carboxylic acids is 1. The molecule has 2 aromatic carbocycles. The van der Waals surface area contributed by atoms with Gasteiger partial charge in [0.05, 0.1) is 10.6 Å². The lowest BCUT2D eigenvalue weighted by atomic mass is 10.1. The number of hydrogen-bond acceptors (Lipinski definition) is 8. The van der Waals surface area contributed by atoms with Gasteiger partial charge in [0.2, 0.25) is 10.0 Å². The summed E-state index contributed by atoms with van der Waals surface area (Å²) in [6.45, 7) is 1.18. The maximum absolute atomic E-state index is 12.5. The van der Waals surface area contributed by atoms with Gasteiger partial charge in [-0.05, 0) is 30.7 Å². The van der Waals surface area contributed by atoms with Crippen molar-refractivity contribution in [3.8, 4) is 11.3 Å². The smallest absolute Gasteiger partial charge is 0.323 e. The molecule has 5 N–H and O–H groups in total. The molecule has 4 rings (SSSR count). The molecule has 0 radical (unpaired) electrons. The van der Waals surface area contributed by atoms with E-state index in [9.17, 15) is 23.1 Å². The van der Waals surface area contributed by atoms with E-state index >= 15 is 0 Å². The van der Waals surface area contributed by atoms with Crippen LogP contribution in [0, 0.1) is 0 Å². The molecule has 12 heteroatoms. The van der Waals surface area contributed by atoms with Crippen LogP contribution in [0.15, 0.2) is 81.2 Å². The lowest BCUT2D eigenvalue weighted by Gasteiger charge is -2.15. The van der Waals surface area contributed by atoms with Crippen molar-refractivity contribution >= 4 is 33.5 Å². The van der Waals surface area contributed by atoms with Crippen LogP contribution >= 0.6 is 0 Å². The van der Waals surface area contributed by atoms with Crippen LogP contribution in [-0.2, 0) is 14.8 Å². The topological polar surface area (TPSA) is 162 Å². The highest BCUT2D eigenvalue weighted by Crippen LogP contribution is 2.25. The van der Waals surface area contributed by atoms with E-state index in [0.29, 0.717) is 11.7 Å². The van der Waals surface area contributed by atoms with E-state index in [2.05, 4.69) is 25.7 Å². The summed E-state index contributed by atoms with van der Waals surface area (Å²) >= 11 is 0. The number of amides is 1. The molecule has 1 amide bonds. The molecule has 11 nitrogen and oxygen atoms in total. The van der Waals surface area contributed by atoms with Gasteiger partial charge in [-0.1, -0.05) is 30.3 Å². The fraction of sp³-hybridized carbons (Fsp3) is 0.208. The Kier molecular flexibility index (Phi) is 7.66. The van der Waals surface area contributed by atoms with Crippen LogP contribution in [0.25, 0.3) is 11.3 Å². The second-order valence-corrected chi connectivity index (χ2v) is 9.66. The first-order valence-corrected chi connectivity index (χ1v) is 12.6. The molecule has 188 valence electrons. The maximum Gasteiger partial charge on any atom is 0.323 e. The molecule has 1 aliphatic heterocycles. The Bertz CT molecular complexity index is 1350. The Morgan fingerprint density at radius 1 is 1.11 bits per heavy atom. The number of aliphatic carboxylic acids is 1. The number of carbonyl (C=O) groups is 2. The highest BCUT2D eigenvalue weighted by molar-refractivity contribution is 7.89. The fourth-order valence-corrected chi connectivity index (χ4v) is 4.63. The van der Waals surface area contributed by atoms with Gasteiger partial charge in [-0.15, -0.1) is 0 Å². The van der Waals surface area contributed by atoms with Crippen LogP contribution in [0.3, 0.4) is 0 Å². The Morgan fingerprint density at radius 2 is 1.86 bits per heavy atom. The second-order valence-electron chi connectivity index (χ2n) is 7.95. The number of rotatable bonds is 9. The Hall–Kier alpha value is -4.16. The Labute approximate surface area is 207 Å². The van der Waals surface area contributed by atoms with Crippen LogP contribution in [0.4, 0.5) is 5.69 Å². The standard InChI is InChI=1S/C24H25N5O6S/c30-22(27-14-20(23(31)32)29-36(33,34)19-5-2-1-3-6-19)17-9-7-16(8-10-17)21-13-18(15-35-21)28-24-25-11-4-12-26-24/h1-3,5-10,13,15,20,29H,4,11-12,14H2,(H,27,30)(H,31,32)(H2,25,26,28). The van der Waals surface area contributed by atoms with Crippen molar-refractivity contribution < 1.29 is 27.5 Å². The fourth-order valence-electron chi connectivity index (χ4n) is 3.42. The summed E-state index contributed by atoms with van der Waals surface area (Å²) in [5, 5.41) is 18.2. The number of anilines is 1. The minimum Gasteiger partial charge on any atom is -0.480 e. The molecule has 0 saturated carbocycles. The predicted octanol–water partition coefficient (Wildman–Crippen LogP) is 1.87. The molecule has 1 aromatic heterocycles. The van der Waals surface area contributed by atoms with Crippen molar-refractivity contribution in [3.63, 3.8) is 0 Å². The van der Waals surface area contributed by atoms with Crippen molar-refractivity contribution in [2.24, 2.45) is 4.99 Å². The summed E-state index contributed by atoms with van der Waals surface area (Å²) in [4.78, 5) is 28.4. The second kappa shape index (κ2) is 11.1. The van der Waals surface area contributed by atoms with Gasteiger partial charge in [-0.3, -0.25) is 14.6 Å². The van der Waals surface area contributed by atoms with Crippen molar-refractivity contribution in [3.05, 3.63) is 72.5 Å². The first-order chi connectivity index (χ1) is 17.3. The number of nitrogens with one attached hydrogen (secondary N) is 4. The van der Waals surface area contributed by atoms with E-state index in [1.54, 1.807) is 36.6 Å². The zero-order chi connectivity index (χ0) is 25.5. The van der Waals surface area contributed by atoms with Gasteiger partial charge in [-0.25, -0.2) is 8.42 Å². The third kappa shape index (κ3) is 6.29. The van der Waals surface area contributed by atoms with Crippen molar-refractivity contribution in [1.29, 1.82) is 0 Å². The molecular weight excluding hydrogens is 486 g/mol. The number of nitrogens with zero attached hydrogens (tertiary/aromatic N) is 1. The lowest BCUT2D eigenvalue weighted by molar-refractivity contribution is -0.138. The molecular formula is C24H25N5O6S. The molecule has 0 fully saturated rings. The zero-order valence-electron chi connectivity index (χ0n) is 19.1. The number of guanidine groups is 1. The van der Waals surface area contributed by atoms with Gasteiger partial charge in [0.15, 0.2) is 5.96 Å². The Morgan fingerprint density at radius 3 is 2.53 bits per heavy atom. The number of aliphatic imine (C=N–C) groups is 1. The number of carboxylic acid groups (broad SMARTS) is 1. The van der Waals surface area contributed by atoms with Crippen LogP contribution in [0.2, 0.25) is 0 Å². The van der Waals surface area contributed by atoms with E-state index < -0.39 is 34.5 Å². The third-order valence-electron chi connectivity index (χ3n) is 5.31. The highest BCUT2D eigenvalue weighted by Gasteiger charge is 2.26. The summed E-state index contributed by atoms with van der Waals surface area (Å²) in [6, 6.07) is 14.2. The number of furan rings is 1. The van der Waals surface area contributed by atoms with Gasteiger partial charge in [0, 0.05) is 36.8 Å². The number of sulfonamides is 1. The third-order valence-corrected chi connectivity index (χ3v) is 6.79. The van der Waals surface area contributed by atoms with Crippen LogP contribution < -0.4 is 20.7 Å². The molecule has 1 atom stereocenters. The van der Waals surface area contributed by atoms with E-state index in [1.807, 2.05) is 6.07 Å². The molecule has 0 aliphatic carbocycles. The van der Waals surface area contributed by atoms with E-state index in [1.165, 1.54) is 24.3 Å². The van der Waals surface area contributed by atoms with Gasteiger partial charge < -0.3 is 25.5 Å². The first-order valence-electron chi connectivity index (χ1n) is 11.1. The molecule has 0 spiro atoms. The summed E-state index contributed by atoms with van der Waals surface area (Å²) < 4.78 is 32.6. The van der Waals surface area contributed by atoms with E-state index in [4.69, 9.17) is 4.42 Å². The SMILES string of the molecule is O=C(NCC(NS(=O)(=O)c1ccccc1)C(=O)O)c1ccc(-c2cc(NC3=NCCCN3)co2)cc1. The van der Waals surface area contributed by atoms with Crippen molar-refractivity contribution in [2.75, 3.05) is 25.0 Å². The minimum absolute atomic E-state index is 0.0718. The monoisotopic (exact) mass is 511 g/mol. The van der Waals surface area contributed by atoms with Gasteiger partial charge in [0.25, 0.3) is 5.91 Å². The van der Waals surface area contributed by atoms with Crippen LogP contribution in [0.1, 0.15) is 16.8 Å². The van der Waals surface area contributed by atoms with Crippen molar-refractivity contribution in [1.82, 2.24) is 15.4 Å². The van der Waals surface area contributed by atoms with E-state index in [-0.39, 0.29) is 10.5 Å². The average molecular weight is 512 g/mol. The molecule has 3 aromatic rings. The summed E-state index contributed by atoms with van der Waals surface area (Å²) in [5.74, 6) is -0.690. The van der Waals surface area contributed by atoms with Crippen LogP contribution in [0.5, 0.6) is 0 Å². The number of hydrogen-bond donors (Lipinski definition) is 5. The van der Waals surface area contributed by atoms with Crippen molar-refractivity contribution in [2.45, 2.75) is 17.4 Å². The number of benzene rings is 2. The quantitative estimate of drug-likeness (QED) is 0.291. The molecule has 0 bridgehead atoms. The van der Waals surface area contributed by atoms with Gasteiger partial charge >= 0.3 is 5.97 Å². The first kappa shape index (κ1) is 24.9.